The topological polar surface area (TPSA) is 110 Å². The quantitative estimate of drug-likeness (QED) is 0.618. The Morgan fingerprint density at radius 1 is 1.14 bits per heavy atom. The molecule has 0 radical (unpaired) electrons. The van der Waals surface area contributed by atoms with Crippen molar-refractivity contribution in [2.24, 2.45) is 0 Å². The van der Waals surface area contributed by atoms with Gasteiger partial charge in [-0.15, -0.1) is 5.10 Å². The van der Waals surface area contributed by atoms with Crippen molar-refractivity contribution in [1.82, 2.24) is 20.2 Å². The molecule has 0 atom stereocenters. The van der Waals surface area contributed by atoms with Gasteiger partial charge in [0, 0.05) is 17.8 Å². The Bertz CT molecular complexity index is 1140. The van der Waals surface area contributed by atoms with Crippen molar-refractivity contribution in [3.63, 3.8) is 0 Å². The number of thioether (sulfide) groups is 1. The minimum atomic E-state index is -3.24. The van der Waals surface area contributed by atoms with E-state index in [4.69, 9.17) is 0 Å². The van der Waals surface area contributed by atoms with Crippen molar-refractivity contribution in [1.29, 1.82) is 0 Å². The summed E-state index contributed by atoms with van der Waals surface area (Å²) in [6, 6.07) is 13.7. The Labute approximate surface area is 172 Å². The standard InChI is InChI=1S/C18H18N6O3S2/c1-28-18-20-21-22-24(18)16-5-2-4-14(12-16)19-17(25)13-6-8-15(9-7-13)23-10-3-11-29(23,26)27/h2,4-9,12H,3,10-11H2,1H3,(H,19,25). The molecule has 2 heterocycles. The first kappa shape index (κ1) is 19.4. The van der Waals surface area contributed by atoms with Gasteiger partial charge in [0.15, 0.2) is 0 Å². The summed E-state index contributed by atoms with van der Waals surface area (Å²) in [5.74, 6) is -0.134. The van der Waals surface area contributed by atoms with Gasteiger partial charge < -0.3 is 5.32 Å². The van der Waals surface area contributed by atoms with E-state index < -0.39 is 10.0 Å². The second kappa shape index (κ2) is 7.84. The maximum atomic E-state index is 12.6. The number of hydrogen-bond acceptors (Lipinski definition) is 7. The minimum Gasteiger partial charge on any atom is -0.322 e. The SMILES string of the molecule is CSc1nnnn1-c1cccc(NC(=O)c2ccc(N3CCCS3(=O)=O)cc2)c1. The molecule has 0 aliphatic carbocycles. The Kier molecular flexibility index (Phi) is 5.24. The third-order valence-electron chi connectivity index (χ3n) is 4.49. The van der Waals surface area contributed by atoms with E-state index in [1.165, 1.54) is 16.1 Å². The van der Waals surface area contributed by atoms with Crippen LogP contribution in [0.2, 0.25) is 0 Å². The fourth-order valence-corrected chi connectivity index (χ4v) is 5.09. The number of hydrogen-bond donors (Lipinski definition) is 1. The van der Waals surface area contributed by atoms with Gasteiger partial charge in [-0.2, -0.15) is 4.68 Å². The molecule has 150 valence electrons. The van der Waals surface area contributed by atoms with Gasteiger partial charge in [-0.1, -0.05) is 17.8 Å². The fourth-order valence-electron chi connectivity index (χ4n) is 3.10. The number of aromatic nitrogens is 4. The lowest BCUT2D eigenvalue weighted by molar-refractivity contribution is 0.102. The number of tetrazole rings is 1. The highest BCUT2D eigenvalue weighted by Gasteiger charge is 2.28. The van der Waals surface area contributed by atoms with Crippen LogP contribution in [0.5, 0.6) is 0 Å². The first-order valence-electron chi connectivity index (χ1n) is 8.82. The lowest BCUT2D eigenvalue weighted by Crippen LogP contribution is -2.25. The van der Waals surface area contributed by atoms with Crippen LogP contribution in [-0.2, 0) is 10.0 Å². The van der Waals surface area contributed by atoms with Crippen LogP contribution in [0.1, 0.15) is 16.8 Å². The Morgan fingerprint density at radius 2 is 1.93 bits per heavy atom. The zero-order valence-electron chi connectivity index (χ0n) is 15.5. The summed E-state index contributed by atoms with van der Waals surface area (Å²) in [6.07, 6.45) is 2.49. The monoisotopic (exact) mass is 430 g/mol. The van der Waals surface area contributed by atoms with Gasteiger partial charge in [0.25, 0.3) is 5.91 Å². The Balaban J connectivity index is 1.51. The van der Waals surface area contributed by atoms with Crippen molar-refractivity contribution in [3.8, 4) is 5.69 Å². The molecule has 2 aromatic carbocycles. The van der Waals surface area contributed by atoms with Gasteiger partial charge in [-0.25, -0.2) is 8.42 Å². The summed E-state index contributed by atoms with van der Waals surface area (Å²) in [5, 5.41) is 15.0. The second-order valence-corrected chi connectivity index (χ2v) is 9.16. The molecule has 1 amide bonds. The molecule has 0 unspecified atom stereocenters. The lowest BCUT2D eigenvalue weighted by Gasteiger charge is -2.17. The van der Waals surface area contributed by atoms with Gasteiger partial charge in [-0.05, 0) is 65.6 Å². The average Bonchev–Trinajstić information content (AvgIpc) is 3.34. The molecular formula is C18H18N6O3S2. The van der Waals surface area contributed by atoms with Crippen LogP contribution in [-0.4, -0.2) is 53.1 Å². The van der Waals surface area contributed by atoms with Gasteiger partial charge >= 0.3 is 0 Å². The summed E-state index contributed by atoms with van der Waals surface area (Å²) in [5.41, 5.74) is 2.33. The maximum Gasteiger partial charge on any atom is 0.255 e. The molecular weight excluding hydrogens is 412 g/mol. The molecule has 1 aliphatic rings. The van der Waals surface area contributed by atoms with E-state index in [1.807, 2.05) is 12.3 Å². The molecule has 3 aromatic rings. The average molecular weight is 431 g/mol. The van der Waals surface area contributed by atoms with Crippen LogP contribution >= 0.6 is 11.8 Å². The number of nitrogens with one attached hydrogen (secondary N) is 1. The third-order valence-corrected chi connectivity index (χ3v) is 6.98. The van der Waals surface area contributed by atoms with E-state index in [0.29, 0.717) is 35.1 Å². The largest absolute Gasteiger partial charge is 0.322 e. The number of amides is 1. The molecule has 1 fully saturated rings. The molecule has 11 heteroatoms. The number of sulfonamides is 1. The number of carbonyl (C=O) groups is 1. The minimum absolute atomic E-state index is 0.158. The number of rotatable bonds is 5. The summed E-state index contributed by atoms with van der Waals surface area (Å²) in [4.78, 5) is 12.6. The van der Waals surface area contributed by atoms with Gasteiger partial charge in [0.05, 0.1) is 17.1 Å². The first-order chi connectivity index (χ1) is 14.0. The molecule has 29 heavy (non-hydrogen) atoms. The highest BCUT2D eigenvalue weighted by atomic mass is 32.2. The molecule has 1 aliphatic heterocycles. The highest BCUT2D eigenvalue weighted by molar-refractivity contribution is 7.98. The summed E-state index contributed by atoms with van der Waals surface area (Å²) >= 11 is 1.42. The molecule has 1 N–H and O–H groups in total. The smallest absolute Gasteiger partial charge is 0.255 e. The highest BCUT2D eigenvalue weighted by Crippen LogP contribution is 2.25. The molecule has 1 aromatic heterocycles. The van der Waals surface area contributed by atoms with E-state index in [0.717, 1.165) is 5.69 Å². The van der Waals surface area contributed by atoms with E-state index in [9.17, 15) is 13.2 Å². The second-order valence-electron chi connectivity index (χ2n) is 6.37. The summed E-state index contributed by atoms with van der Waals surface area (Å²) in [6.45, 7) is 0.468. The zero-order valence-corrected chi connectivity index (χ0v) is 17.2. The van der Waals surface area contributed by atoms with Crippen molar-refractivity contribution < 1.29 is 13.2 Å². The van der Waals surface area contributed by atoms with Crippen LogP contribution in [0.4, 0.5) is 11.4 Å². The predicted molar refractivity (Wildman–Crippen MR) is 111 cm³/mol. The van der Waals surface area contributed by atoms with Gasteiger partial charge in [0.1, 0.15) is 0 Å². The summed E-state index contributed by atoms with van der Waals surface area (Å²) < 4.78 is 27.0. The Hall–Kier alpha value is -2.92. The van der Waals surface area contributed by atoms with Gasteiger partial charge in [-0.3, -0.25) is 9.10 Å². The van der Waals surface area contributed by atoms with Crippen LogP contribution in [0.25, 0.3) is 5.69 Å². The third kappa shape index (κ3) is 3.96. The van der Waals surface area contributed by atoms with Crippen LogP contribution in [0, 0.1) is 0 Å². The van der Waals surface area contributed by atoms with Crippen LogP contribution < -0.4 is 9.62 Å². The molecule has 0 bridgehead atoms. The van der Waals surface area contributed by atoms with Crippen molar-refractivity contribution in [2.45, 2.75) is 11.6 Å². The van der Waals surface area contributed by atoms with Crippen LogP contribution in [0.15, 0.2) is 53.7 Å². The number of anilines is 2. The van der Waals surface area contributed by atoms with E-state index in [2.05, 4.69) is 20.8 Å². The molecule has 9 nitrogen and oxygen atoms in total. The lowest BCUT2D eigenvalue weighted by atomic mass is 10.2. The number of nitrogens with zero attached hydrogens (tertiary/aromatic N) is 5. The normalized spacial score (nSPS) is 15.4. The molecule has 1 saturated heterocycles. The van der Waals surface area contributed by atoms with Crippen molar-refractivity contribution >= 4 is 39.1 Å². The number of carbonyl (C=O) groups excluding carboxylic acids is 1. The van der Waals surface area contributed by atoms with Gasteiger partial charge in [0.2, 0.25) is 15.2 Å². The first-order valence-corrected chi connectivity index (χ1v) is 11.7. The molecule has 0 saturated carbocycles. The molecule has 4 rings (SSSR count). The van der Waals surface area contributed by atoms with E-state index in [1.54, 1.807) is 47.1 Å². The van der Waals surface area contributed by atoms with Crippen LogP contribution in [0.3, 0.4) is 0 Å². The van der Waals surface area contributed by atoms with E-state index in [-0.39, 0.29) is 11.7 Å². The van der Waals surface area contributed by atoms with Crippen molar-refractivity contribution in [2.75, 3.05) is 28.2 Å². The summed E-state index contributed by atoms with van der Waals surface area (Å²) in [7, 11) is -3.24. The predicted octanol–water partition coefficient (Wildman–Crippen LogP) is 2.18. The van der Waals surface area contributed by atoms with E-state index >= 15 is 0 Å². The fraction of sp³-hybridized carbons (Fsp3) is 0.222. The zero-order chi connectivity index (χ0) is 20.4. The number of benzene rings is 2. The molecule has 0 spiro atoms. The maximum absolute atomic E-state index is 12.6. The van der Waals surface area contributed by atoms with Crippen molar-refractivity contribution in [3.05, 3.63) is 54.1 Å². The Morgan fingerprint density at radius 3 is 2.62 bits per heavy atom.